The molecule has 2 nitrogen and oxygen atoms in total. The van der Waals surface area contributed by atoms with Gasteiger partial charge in [0.2, 0.25) is 0 Å². The summed E-state index contributed by atoms with van der Waals surface area (Å²) in [5.74, 6) is 0.772. The Hall–Kier alpha value is -0.410. The molecule has 0 spiro atoms. The van der Waals surface area contributed by atoms with Gasteiger partial charge in [-0.1, -0.05) is 19.8 Å². The van der Waals surface area contributed by atoms with Crippen molar-refractivity contribution in [2.45, 2.75) is 38.6 Å². The molecule has 1 aromatic rings. The fraction of sp³-hybridized carbons (Fsp3) is 0.615. The Morgan fingerprint density at radius 3 is 2.75 bits per heavy atom. The third kappa shape index (κ3) is 2.83. The van der Waals surface area contributed by atoms with Crippen LogP contribution in [0.5, 0.6) is 0 Å². The molecule has 0 bridgehead atoms. The minimum Gasteiger partial charge on any atom is -0.309 e. The van der Waals surface area contributed by atoms with E-state index in [4.69, 9.17) is 0 Å². The number of nitrogens with one attached hydrogen (secondary N) is 1. The average Bonchev–Trinajstić information content (AvgIpc) is 2.81. The number of aromatic nitrogens is 1. The van der Waals surface area contributed by atoms with Crippen LogP contribution in [0.1, 0.15) is 44.3 Å². The van der Waals surface area contributed by atoms with Crippen molar-refractivity contribution in [2.24, 2.45) is 5.92 Å². The molecule has 3 heteroatoms. The first-order valence-electron chi connectivity index (χ1n) is 6.16. The SMILES string of the molecule is CCNC(c1ccc(Br)cn1)C1CCCC1. The molecule has 0 amide bonds. The summed E-state index contributed by atoms with van der Waals surface area (Å²) in [7, 11) is 0. The number of pyridine rings is 1. The highest BCUT2D eigenvalue weighted by molar-refractivity contribution is 9.10. The van der Waals surface area contributed by atoms with Gasteiger partial charge in [-0.2, -0.15) is 0 Å². The highest BCUT2D eigenvalue weighted by atomic mass is 79.9. The van der Waals surface area contributed by atoms with E-state index in [-0.39, 0.29) is 0 Å². The van der Waals surface area contributed by atoms with E-state index in [1.807, 2.05) is 6.20 Å². The molecular formula is C13H19BrN2. The second-order valence-electron chi connectivity index (χ2n) is 4.48. The Morgan fingerprint density at radius 1 is 1.44 bits per heavy atom. The van der Waals surface area contributed by atoms with Crippen LogP contribution in [0.3, 0.4) is 0 Å². The highest BCUT2D eigenvalue weighted by Gasteiger charge is 2.26. The van der Waals surface area contributed by atoms with E-state index in [9.17, 15) is 0 Å². The molecule has 0 radical (unpaired) electrons. The Bertz CT molecular complexity index is 317. The van der Waals surface area contributed by atoms with E-state index in [0.29, 0.717) is 6.04 Å². The van der Waals surface area contributed by atoms with Crippen molar-refractivity contribution in [3.63, 3.8) is 0 Å². The molecule has 1 atom stereocenters. The topological polar surface area (TPSA) is 24.9 Å². The summed E-state index contributed by atoms with van der Waals surface area (Å²) in [5.41, 5.74) is 1.19. The Labute approximate surface area is 106 Å². The normalized spacial score (nSPS) is 18.9. The molecule has 1 N–H and O–H groups in total. The van der Waals surface area contributed by atoms with Crippen LogP contribution < -0.4 is 5.32 Å². The van der Waals surface area contributed by atoms with Gasteiger partial charge in [0.15, 0.2) is 0 Å². The first-order valence-corrected chi connectivity index (χ1v) is 6.95. The van der Waals surface area contributed by atoms with Crippen molar-refractivity contribution in [3.05, 3.63) is 28.5 Å². The van der Waals surface area contributed by atoms with Gasteiger partial charge >= 0.3 is 0 Å². The molecule has 1 heterocycles. The summed E-state index contributed by atoms with van der Waals surface area (Å²) < 4.78 is 1.05. The van der Waals surface area contributed by atoms with Crippen molar-refractivity contribution in [1.82, 2.24) is 10.3 Å². The zero-order valence-corrected chi connectivity index (χ0v) is 11.3. The van der Waals surface area contributed by atoms with Gasteiger partial charge in [0.1, 0.15) is 0 Å². The molecule has 0 aromatic carbocycles. The van der Waals surface area contributed by atoms with Gasteiger partial charge in [-0.15, -0.1) is 0 Å². The minimum absolute atomic E-state index is 0.445. The van der Waals surface area contributed by atoms with E-state index in [1.54, 1.807) is 0 Å². The maximum atomic E-state index is 4.53. The van der Waals surface area contributed by atoms with Crippen LogP contribution in [0, 0.1) is 5.92 Å². The third-order valence-electron chi connectivity index (χ3n) is 3.36. The van der Waals surface area contributed by atoms with Crippen molar-refractivity contribution in [1.29, 1.82) is 0 Å². The molecule has 1 aromatic heterocycles. The summed E-state index contributed by atoms with van der Waals surface area (Å²) in [5, 5.41) is 3.58. The van der Waals surface area contributed by atoms with Crippen LogP contribution in [0.4, 0.5) is 0 Å². The lowest BCUT2D eigenvalue weighted by atomic mass is 9.95. The van der Waals surface area contributed by atoms with Crippen molar-refractivity contribution < 1.29 is 0 Å². The van der Waals surface area contributed by atoms with Crippen LogP contribution in [-0.4, -0.2) is 11.5 Å². The highest BCUT2D eigenvalue weighted by Crippen LogP contribution is 2.35. The Balaban J connectivity index is 2.14. The van der Waals surface area contributed by atoms with Crippen LogP contribution in [0.15, 0.2) is 22.8 Å². The molecule has 1 saturated carbocycles. The summed E-state index contributed by atoms with van der Waals surface area (Å²) in [4.78, 5) is 4.53. The van der Waals surface area contributed by atoms with Gasteiger partial charge in [0.05, 0.1) is 11.7 Å². The smallest absolute Gasteiger partial charge is 0.0576 e. The maximum absolute atomic E-state index is 4.53. The van der Waals surface area contributed by atoms with E-state index in [1.165, 1.54) is 31.4 Å². The molecule has 0 saturated heterocycles. The number of hydrogen-bond acceptors (Lipinski definition) is 2. The lowest BCUT2D eigenvalue weighted by Crippen LogP contribution is -2.27. The Kier molecular flexibility index (Phi) is 4.36. The van der Waals surface area contributed by atoms with Gasteiger partial charge in [0, 0.05) is 10.7 Å². The monoisotopic (exact) mass is 282 g/mol. The summed E-state index contributed by atoms with van der Waals surface area (Å²) in [6.45, 7) is 3.18. The number of rotatable bonds is 4. The van der Waals surface area contributed by atoms with E-state index in [0.717, 1.165) is 16.9 Å². The average molecular weight is 283 g/mol. The lowest BCUT2D eigenvalue weighted by molar-refractivity contribution is 0.367. The minimum atomic E-state index is 0.445. The van der Waals surface area contributed by atoms with Gasteiger partial charge in [-0.25, -0.2) is 0 Å². The molecule has 1 fully saturated rings. The first-order chi connectivity index (χ1) is 7.81. The van der Waals surface area contributed by atoms with Crippen LogP contribution in [0.25, 0.3) is 0 Å². The summed E-state index contributed by atoms with van der Waals surface area (Å²) >= 11 is 3.43. The third-order valence-corrected chi connectivity index (χ3v) is 3.83. The maximum Gasteiger partial charge on any atom is 0.0576 e. The predicted molar refractivity (Wildman–Crippen MR) is 70.3 cm³/mol. The molecule has 1 aliphatic carbocycles. The van der Waals surface area contributed by atoms with E-state index < -0.39 is 0 Å². The van der Waals surface area contributed by atoms with Crippen molar-refractivity contribution in [3.8, 4) is 0 Å². The van der Waals surface area contributed by atoms with E-state index >= 15 is 0 Å². The van der Waals surface area contributed by atoms with Crippen molar-refractivity contribution >= 4 is 15.9 Å². The molecule has 1 aliphatic rings. The largest absolute Gasteiger partial charge is 0.309 e. The second kappa shape index (κ2) is 5.78. The second-order valence-corrected chi connectivity index (χ2v) is 5.40. The fourth-order valence-corrected chi connectivity index (χ4v) is 2.83. The molecular weight excluding hydrogens is 264 g/mol. The zero-order chi connectivity index (χ0) is 11.4. The van der Waals surface area contributed by atoms with Crippen LogP contribution in [0.2, 0.25) is 0 Å². The van der Waals surface area contributed by atoms with Gasteiger partial charge in [0.25, 0.3) is 0 Å². The molecule has 16 heavy (non-hydrogen) atoms. The number of hydrogen-bond donors (Lipinski definition) is 1. The van der Waals surface area contributed by atoms with E-state index in [2.05, 4.69) is 45.3 Å². The fourth-order valence-electron chi connectivity index (χ4n) is 2.59. The van der Waals surface area contributed by atoms with Gasteiger partial charge in [-0.05, 0) is 53.4 Å². The lowest BCUT2D eigenvalue weighted by Gasteiger charge is -2.23. The number of halogens is 1. The molecule has 88 valence electrons. The molecule has 1 unspecified atom stereocenters. The van der Waals surface area contributed by atoms with Crippen molar-refractivity contribution in [2.75, 3.05) is 6.54 Å². The first kappa shape index (κ1) is 12.1. The van der Waals surface area contributed by atoms with Gasteiger partial charge in [-0.3, -0.25) is 4.98 Å². The Morgan fingerprint density at radius 2 is 2.19 bits per heavy atom. The van der Waals surface area contributed by atoms with Gasteiger partial charge < -0.3 is 5.32 Å². The summed E-state index contributed by atoms with van der Waals surface area (Å²) in [6, 6.07) is 4.66. The molecule has 2 rings (SSSR count). The quantitative estimate of drug-likeness (QED) is 0.911. The number of nitrogens with zero attached hydrogens (tertiary/aromatic N) is 1. The standard InChI is InChI=1S/C13H19BrN2/c1-2-15-13(10-5-3-4-6-10)12-8-7-11(14)9-16-12/h7-10,13,15H,2-6H2,1H3. The summed E-state index contributed by atoms with van der Waals surface area (Å²) in [6.07, 6.45) is 7.34. The van der Waals surface area contributed by atoms with Crippen LogP contribution >= 0.6 is 15.9 Å². The zero-order valence-electron chi connectivity index (χ0n) is 9.75. The van der Waals surface area contributed by atoms with Crippen LogP contribution in [-0.2, 0) is 0 Å². The molecule has 0 aliphatic heterocycles. The predicted octanol–water partition coefficient (Wildman–Crippen LogP) is 3.68.